The van der Waals surface area contributed by atoms with Crippen molar-refractivity contribution in [1.82, 2.24) is 14.9 Å². The molecule has 2 fully saturated rings. The second-order valence-corrected chi connectivity index (χ2v) is 8.68. The molecule has 118 valence electrons. The van der Waals surface area contributed by atoms with Crippen LogP contribution in [0.1, 0.15) is 39.5 Å². The van der Waals surface area contributed by atoms with Crippen molar-refractivity contribution in [3.05, 3.63) is 0 Å². The van der Waals surface area contributed by atoms with E-state index >= 15 is 0 Å². The van der Waals surface area contributed by atoms with Gasteiger partial charge in [-0.2, -0.15) is 0 Å². The van der Waals surface area contributed by atoms with Crippen LogP contribution in [0.4, 0.5) is 0 Å². The summed E-state index contributed by atoms with van der Waals surface area (Å²) in [5.74, 6) is 0.367. The third-order valence-corrected chi connectivity index (χ3v) is 6.00. The molecule has 0 amide bonds. The molecule has 0 aromatic carbocycles. The lowest BCUT2D eigenvalue weighted by Gasteiger charge is -2.21. The molecule has 1 saturated carbocycles. The van der Waals surface area contributed by atoms with Gasteiger partial charge in [0, 0.05) is 25.7 Å². The molecule has 2 N–H and O–H groups in total. The van der Waals surface area contributed by atoms with Crippen LogP contribution >= 0.6 is 0 Å². The molecule has 2 rings (SSSR count). The average molecular weight is 303 g/mol. The van der Waals surface area contributed by atoms with Gasteiger partial charge in [-0.05, 0) is 51.6 Å². The molecule has 1 heterocycles. The van der Waals surface area contributed by atoms with Crippen LogP contribution in [0.15, 0.2) is 0 Å². The van der Waals surface area contributed by atoms with Crippen molar-refractivity contribution < 1.29 is 8.42 Å². The van der Waals surface area contributed by atoms with E-state index in [4.69, 9.17) is 0 Å². The van der Waals surface area contributed by atoms with Crippen molar-refractivity contribution in [3.8, 4) is 0 Å². The summed E-state index contributed by atoms with van der Waals surface area (Å²) in [4.78, 5) is 2.43. The predicted molar refractivity (Wildman–Crippen MR) is 82.2 cm³/mol. The number of hydrogen-bond acceptors (Lipinski definition) is 4. The van der Waals surface area contributed by atoms with Gasteiger partial charge in [0.2, 0.25) is 10.0 Å². The minimum absolute atomic E-state index is 0.359. The molecule has 6 heteroatoms. The highest BCUT2D eigenvalue weighted by Gasteiger charge is 2.26. The Morgan fingerprint density at radius 2 is 1.80 bits per heavy atom. The van der Waals surface area contributed by atoms with Gasteiger partial charge in [-0.1, -0.05) is 6.92 Å². The van der Waals surface area contributed by atoms with E-state index in [1.807, 2.05) is 0 Å². The molecule has 0 spiro atoms. The molecule has 0 aromatic heterocycles. The van der Waals surface area contributed by atoms with Gasteiger partial charge < -0.3 is 10.2 Å². The predicted octanol–water partition coefficient (Wildman–Crippen LogP) is 0.778. The highest BCUT2D eigenvalue weighted by Crippen LogP contribution is 2.18. The Labute approximate surface area is 123 Å². The summed E-state index contributed by atoms with van der Waals surface area (Å²) in [6, 6.07) is 0.557. The Bertz CT molecular complexity index is 389. The van der Waals surface area contributed by atoms with Crippen LogP contribution in [0.3, 0.4) is 0 Å². The zero-order valence-corrected chi connectivity index (χ0v) is 13.6. The average Bonchev–Trinajstić information content (AvgIpc) is 3.10. The lowest BCUT2D eigenvalue weighted by atomic mass is 10.2. The van der Waals surface area contributed by atoms with E-state index in [2.05, 4.69) is 21.9 Å². The normalized spacial score (nSPS) is 23.9. The lowest BCUT2D eigenvalue weighted by molar-refractivity contribution is 0.288. The molecule has 5 nitrogen and oxygen atoms in total. The Morgan fingerprint density at radius 1 is 1.15 bits per heavy atom. The minimum Gasteiger partial charge on any atom is -0.313 e. The highest BCUT2D eigenvalue weighted by atomic mass is 32.2. The van der Waals surface area contributed by atoms with Crippen molar-refractivity contribution >= 4 is 10.0 Å². The van der Waals surface area contributed by atoms with Crippen LogP contribution < -0.4 is 10.0 Å². The van der Waals surface area contributed by atoms with Crippen molar-refractivity contribution in [2.24, 2.45) is 5.92 Å². The third-order valence-electron chi connectivity index (χ3n) is 4.20. The summed E-state index contributed by atoms with van der Waals surface area (Å²) in [6.45, 7) is 8.33. The first kappa shape index (κ1) is 16.2. The molecule has 2 unspecified atom stereocenters. The number of likely N-dealkylation sites (tertiary alicyclic amines) is 1. The van der Waals surface area contributed by atoms with Gasteiger partial charge in [0.05, 0.1) is 5.25 Å². The van der Waals surface area contributed by atoms with Crippen molar-refractivity contribution in [2.75, 3.05) is 32.7 Å². The second-order valence-electron chi connectivity index (χ2n) is 6.50. The van der Waals surface area contributed by atoms with Crippen molar-refractivity contribution in [1.29, 1.82) is 0 Å². The molecule has 1 aliphatic carbocycles. The fraction of sp³-hybridized carbons (Fsp3) is 1.00. The summed E-state index contributed by atoms with van der Waals surface area (Å²) in [5, 5.41) is 2.92. The zero-order chi connectivity index (χ0) is 14.6. The molecule has 1 saturated heterocycles. The van der Waals surface area contributed by atoms with Gasteiger partial charge in [0.15, 0.2) is 0 Å². The Morgan fingerprint density at radius 3 is 2.40 bits per heavy atom. The third kappa shape index (κ3) is 5.31. The first-order chi connectivity index (χ1) is 9.47. The van der Waals surface area contributed by atoms with Gasteiger partial charge in [0.25, 0.3) is 0 Å². The summed E-state index contributed by atoms with van der Waals surface area (Å²) >= 11 is 0. The first-order valence-electron chi connectivity index (χ1n) is 7.91. The highest BCUT2D eigenvalue weighted by molar-refractivity contribution is 7.90. The van der Waals surface area contributed by atoms with E-state index in [-0.39, 0.29) is 5.25 Å². The van der Waals surface area contributed by atoms with Gasteiger partial charge in [-0.3, -0.25) is 0 Å². The number of nitrogens with one attached hydrogen (secondary N) is 2. The van der Waals surface area contributed by atoms with E-state index in [9.17, 15) is 8.42 Å². The van der Waals surface area contributed by atoms with Gasteiger partial charge in [-0.25, -0.2) is 13.1 Å². The van der Waals surface area contributed by atoms with E-state index in [0.717, 1.165) is 6.54 Å². The van der Waals surface area contributed by atoms with Crippen LogP contribution in [0, 0.1) is 5.92 Å². The van der Waals surface area contributed by atoms with Gasteiger partial charge in [0.1, 0.15) is 0 Å². The van der Waals surface area contributed by atoms with Crippen LogP contribution in [-0.2, 0) is 10.0 Å². The van der Waals surface area contributed by atoms with Crippen LogP contribution in [0.5, 0.6) is 0 Å². The fourth-order valence-electron chi connectivity index (χ4n) is 2.60. The molecular weight excluding hydrogens is 274 g/mol. The fourth-order valence-corrected chi connectivity index (χ4v) is 3.72. The molecule has 1 aliphatic heterocycles. The number of hydrogen-bond donors (Lipinski definition) is 2. The molecule has 2 aliphatic rings. The monoisotopic (exact) mass is 303 g/mol. The Hall–Kier alpha value is -0.170. The smallest absolute Gasteiger partial charge is 0.215 e. The summed E-state index contributed by atoms with van der Waals surface area (Å²) in [6.07, 6.45) is 4.94. The first-order valence-corrected chi connectivity index (χ1v) is 9.46. The molecule has 2 atom stereocenters. The molecule has 0 radical (unpaired) electrons. The maximum atomic E-state index is 12.1. The SMILES string of the molecule is CC(CNS(=O)(=O)C(C)CNC1CC1)CN1CCCC1. The Kier molecular flexibility index (Phi) is 5.84. The van der Waals surface area contributed by atoms with Gasteiger partial charge in [-0.15, -0.1) is 0 Å². The largest absolute Gasteiger partial charge is 0.313 e. The lowest BCUT2D eigenvalue weighted by Crippen LogP contribution is -2.42. The number of sulfonamides is 1. The second kappa shape index (κ2) is 7.20. The minimum atomic E-state index is -3.19. The standard InChI is InChI=1S/C14H29N3O2S/c1-12(11-17-7-3-4-8-17)9-16-20(18,19)13(2)10-15-14-5-6-14/h12-16H,3-11H2,1-2H3. The van der Waals surface area contributed by atoms with Crippen LogP contribution in [0.25, 0.3) is 0 Å². The zero-order valence-electron chi connectivity index (χ0n) is 12.8. The maximum absolute atomic E-state index is 12.1. The summed E-state index contributed by atoms with van der Waals surface area (Å²) in [7, 11) is -3.19. The summed E-state index contributed by atoms with van der Waals surface area (Å²) in [5.41, 5.74) is 0. The number of rotatable bonds is 9. The topological polar surface area (TPSA) is 61.4 Å². The summed E-state index contributed by atoms with van der Waals surface area (Å²) < 4.78 is 27.1. The van der Waals surface area contributed by atoms with E-state index in [1.54, 1.807) is 6.92 Å². The van der Waals surface area contributed by atoms with Crippen LogP contribution in [-0.4, -0.2) is 57.3 Å². The van der Waals surface area contributed by atoms with Crippen LogP contribution in [0.2, 0.25) is 0 Å². The van der Waals surface area contributed by atoms with E-state index in [0.29, 0.717) is 25.0 Å². The Balaban J connectivity index is 1.66. The molecule has 0 bridgehead atoms. The number of nitrogens with zero attached hydrogens (tertiary/aromatic N) is 1. The van der Waals surface area contributed by atoms with E-state index < -0.39 is 10.0 Å². The van der Waals surface area contributed by atoms with E-state index in [1.165, 1.54) is 38.8 Å². The quantitative estimate of drug-likeness (QED) is 0.661. The molecule has 0 aromatic rings. The van der Waals surface area contributed by atoms with Crippen molar-refractivity contribution in [2.45, 2.75) is 50.8 Å². The molecular formula is C14H29N3O2S. The maximum Gasteiger partial charge on any atom is 0.215 e. The van der Waals surface area contributed by atoms with Gasteiger partial charge >= 0.3 is 0 Å². The van der Waals surface area contributed by atoms with Crippen molar-refractivity contribution in [3.63, 3.8) is 0 Å². The molecule has 20 heavy (non-hydrogen) atoms.